The maximum Gasteiger partial charge on any atom is 0.0544 e. The number of likely N-dealkylation sites (tertiary alicyclic amines) is 1. The molecule has 0 aromatic carbocycles. The van der Waals surface area contributed by atoms with E-state index in [-0.39, 0.29) is 0 Å². The lowest BCUT2D eigenvalue weighted by atomic mass is 9.95. The van der Waals surface area contributed by atoms with E-state index in [0.717, 1.165) is 36.2 Å². The average molecular weight is 299 g/mol. The Morgan fingerprint density at radius 1 is 1.47 bits per heavy atom. The lowest BCUT2D eigenvalue weighted by Crippen LogP contribution is -2.35. The van der Waals surface area contributed by atoms with Crippen LogP contribution < -0.4 is 0 Å². The maximum atomic E-state index is 8.99. The highest BCUT2D eigenvalue weighted by Gasteiger charge is 2.19. The molecule has 0 bridgehead atoms. The molecule has 1 aromatic heterocycles. The molecule has 1 atom stereocenters. The molecular weight excluding hydrogens is 280 g/mol. The Kier molecular flexibility index (Phi) is 4.95. The van der Waals surface area contributed by atoms with E-state index < -0.39 is 0 Å². The van der Waals surface area contributed by atoms with E-state index in [4.69, 9.17) is 5.11 Å². The quantitative estimate of drug-likeness (QED) is 0.927. The van der Waals surface area contributed by atoms with Crippen LogP contribution >= 0.6 is 15.9 Å². The number of nitrogens with zero attached hydrogens (tertiary/aromatic N) is 2. The molecule has 17 heavy (non-hydrogen) atoms. The van der Waals surface area contributed by atoms with Crippen molar-refractivity contribution in [1.29, 1.82) is 0 Å². The smallest absolute Gasteiger partial charge is 0.0544 e. The van der Waals surface area contributed by atoms with E-state index >= 15 is 0 Å². The fourth-order valence-corrected chi connectivity index (χ4v) is 2.68. The van der Waals surface area contributed by atoms with Gasteiger partial charge in [-0.2, -0.15) is 0 Å². The van der Waals surface area contributed by atoms with Crippen molar-refractivity contribution in [3.8, 4) is 0 Å². The molecule has 94 valence electrons. The van der Waals surface area contributed by atoms with Crippen molar-refractivity contribution in [3.63, 3.8) is 0 Å². The highest BCUT2D eigenvalue weighted by atomic mass is 79.9. The van der Waals surface area contributed by atoms with Crippen LogP contribution in [0.5, 0.6) is 0 Å². The van der Waals surface area contributed by atoms with Crippen molar-refractivity contribution in [1.82, 2.24) is 9.88 Å². The normalized spacial score (nSPS) is 21.6. The average Bonchev–Trinajstić information content (AvgIpc) is 2.33. The summed E-state index contributed by atoms with van der Waals surface area (Å²) in [5, 5.41) is 8.99. The Morgan fingerprint density at radius 3 is 3.06 bits per heavy atom. The summed E-state index contributed by atoms with van der Waals surface area (Å²) in [7, 11) is 0. The predicted octanol–water partition coefficient (Wildman–Crippen LogP) is 2.44. The SMILES string of the molecule is OCCC1CCCN(Cc2ccc(Br)cn2)C1. The van der Waals surface area contributed by atoms with E-state index in [1.807, 2.05) is 12.3 Å². The van der Waals surface area contributed by atoms with Crippen molar-refractivity contribution in [2.45, 2.75) is 25.8 Å². The van der Waals surface area contributed by atoms with Gasteiger partial charge in [0.15, 0.2) is 0 Å². The van der Waals surface area contributed by atoms with Crippen LogP contribution in [0.4, 0.5) is 0 Å². The van der Waals surface area contributed by atoms with Crippen molar-refractivity contribution in [3.05, 3.63) is 28.5 Å². The van der Waals surface area contributed by atoms with Gasteiger partial charge in [0.2, 0.25) is 0 Å². The number of hydrogen-bond donors (Lipinski definition) is 1. The topological polar surface area (TPSA) is 36.4 Å². The van der Waals surface area contributed by atoms with Gasteiger partial charge in [-0.1, -0.05) is 0 Å². The third-order valence-corrected chi connectivity index (χ3v) is 3.78. The number of aromatic nitrogens is 1. The highest BCUT2D eigenvalue weighted by Crippen LogP contribution is 2.20. The summed E-state index contributed by atoms with van der Waals surface area (Å²) in [4.78, 5) is 6.85. The predicted molar refractivity (Wildman–Crippen MR) is 71.6 cm³/mol. The zero-order chi connectivity index (χ0) is 12.1. The van der Waals surface area contributed by atoms with Crippen LogP contribution in [0.25, 0.3) is 0 Å². The minimum Gasteiger partial charge on any atom is -0.396 e. The molecule has 2 rings (SSSR count). The van der Waals surface area contributed by atoms with Crippen LogP contribution in [0.15, 0.2) is 22.8 Å². The third kappa shape index (κ3) is 4.05. The molecule has 0 spiro atoms. The lowest BCUT2D eigenvalue weighted by molar-refractivity contribution is 0.141. The molecule has 4 heteroatoms. The first kappa shape index (κ1) is 13.0. The second kappa shape index (κ2) is 6.47. The molecule has 1 aliphatic heterocycles. The summed E-state index contributed by atoms with van der Waals surface area (Å²) in [6.45, 7) is 3.49. The molecule has 1 aromatic rings. The lowest BCUT2D eigenvalue weighted by Gasteiger charge is -2.32. The van der Waals surface area contributed by atoms with Crippen molar-refractivity contribution in [2.75, 3.05) is 19.7 Å². The van der Waals surface area contributed by atoms with Gasteiger partial charge >= 0.3 is 0 Å². The van der Waals surface area contributed by atoms with E-state index in [0.29, 0.717) is 12.5 Å². The van der Waals surface area contributed by atoms with E-state index in [9.17, 15) is 0 Å². The summed E-state index contributed by atoms with van der Waals surface area (Å²) in [6, 6.07) is 4.11. The molecule has 2 heterocycles. The fourth-order valence-electron chi connectivity index (χ4n) is 2.44. The molecule has 1 saturated heterocycles. The third-order valence-electron chi connectivity index (χ3n) is 3.31. The summed E-state index contributed by atoms with van der Waals surface area (Å²) in [5.74, 6) is 0.657. The Labute approximate surface area is 111 Å². The highest BCUT2D eigenvalue weighted by molar-refractivity contribution is 9.10. The van der Waals surface area contributed by atoms with Crippen LogP contribution in [0.3, 0.4) is 0 Å². The first-order valence-electron chi connectivity index (χ1n) is 6.21. The van der Waals surface area contributed by atoms with E-state index in [2.05, 4.69) is 31.9 Å². The van der Waals surface area contributed by atoms with Crippen molar-refractivity contribution < 1.29 is 5.11 Å². The van der Waals surface area contributed by atoms with Crippen LogP contribution in [0.1, 0.15) is 25.0 Å². The van der Waals surface area contributed by atoms with Crippen LogP contribution in [0.2, 0.25) is 0 Å². The number of hydrogen-bond acceptors (Lipinski definition) is 3. The van der Waals surface area contributed by atoms with Gasteiger partial charge in [-0.25, -0.2) is 0 Å². The molecule has 1 N–H and O–H groups in total. The molecule has 1 unspecified atom stereocenters. The largest absolute Gasteiger partial charge is 0.396 e. The van der Waals surface area contributed by atoms with Gasteiger partial charge < -0.3 is 5.11 Å². The van der Waals surface area contributed by atoms with Gasteiger partial charge in [0, 0.05) is 30.4 Å². The van der Waals surface area contributed by atoms with Gasteiger partial charge in [0.25, 0.3) is 0 Å². The number of halogens is 1. The van der Waals surface area contributed by atoms with Crippen LogP contribution in [-0.2, 0) is 6.54 Å². The number of aliphatic hydroxyl groups is 1. The zero-order valence-electron chi connectivity index (χ0n) is 9.98. The summed E-state index contributed by atoms with van der Waals surface area (Å²) >= 11 is 3.40. The summed E-state index contributed by atoms with van der Waals surface area (Å²) < 4.78 is 1.03. The number of piperidine rings is 1. The Morgan fingerprint density at radius 2 is 2.35 bits per heavy atom. The maximum absolute atomic E-state index is 8.99. The van der Waals surface area contributed by atoms with Crippen LogP contribution in [-0.4, -0.2) is 34.7 Å². The van der Waals surface area contributed by atoms with Gasteiger partial charge in [0.05, 0.1) is 5.69 Å². The Hall–Kier alpha value is -0.450. The summed E-state index contributed by atoms with van der Waals surface area (Å²) in [5.41, 5.74) is 1.12. The Bertz CT molecular complexity index is 340. The molecule has 0 amide bonds. The van der Waals surface area contributed by atoms with Gasteiger partial charge in [-0.15, -0.1) is 0 Å². The van der Waals surface area contributed by atoms with Crippen molar-refractivity contribution in [2.24, 2.45) is 5.92 Å². The minimum absolute atomic E-state index is 0.315. The van der Waals surface area contributed by atoms with Gasteiger partial charge in [0.1, 0.15) is 0 Å². The molecule has 3 nitrogen and oxygen atoms in total. The number of rotatable bonds is 4. The molecule has 0 aliphatic carbocycles. The zero-order valence-corrected chi connectivity index (χ0v) is 11.6. The first-order chi connectivity index (χ1) is 8.28. The molecule has 0 saturated carbocycles. The molecule has 1 aliphatic rings. The van der Waals surface area contributed by atoms with E-state index in [1.54, 1.807) is 0 Å². The van der Waals surface area contributed by atoms with E-state index in [1.165, 1.54) is 12.8 Å². The molecular formula is C13H19BrN2O. The monoisotopic (exact) mass is 298 g/mol. The minimum atomic E-state index is 0.315. The summed E-state index contributed by atoms with van der Waals surface area (Å²) in [6.07, 6.45) is 5.28. The van der Waals surface area contributed by atoms with Gasteiger partial charge in [-0.05, 0) is 59.8 Å². The number of pyridine rings is 1. The van der Waals surface area contributed by atoms with Crippen molar-refractivity contribution >= 4 is 15.9 Å². The molecule has 0 radical (unpaired) electrons. The fraction of sp³-hybridized carbons (Fsp3) is 0.615. The molecule has 1 fully saturated rings. The second-order valence-electron chi connectivity index (χ2n) is 4.72. The number of aliphatic hydroxyl groups excluding tert-OH is 1. The first-order valence-corrected chi connectivity index (χ1v) is 7.01. The van der Waals surface area contributed by atoms with Gasteiger partial charge in [-0.3, -0.25) is 9.88 Å². The van der Waals surface area contributed by atoms with Crippen LogP contribution in [0, 0.1) is 5.92 Å². The standard InChI is InChI=1S/C13H19BrN2O/c14-12-3-4-13(15-8-12)10-16-6-1-2-11(9-16)5-7-17/h3-4,8,11,17H,1-2,5-7,9-10H2. The second-order valence-corrected chi connectivity index (χ2v) is 5.64. The Balaban J connectivity index is 1.87.